The molecule has 0 amide bonds. The highest BCUT2D eigenvalue weighted by atomic mass is 19.1. The molecule has 122 valence electrons. The molecule has 2 aromatic carbocycles. The molecule has 0 atom stereocenters. The third kappa shape index (κ3) is 3.53. The molecule has 24 heavy (non-hydrogen) atoms. The molecule has 1 nitrogen and oxygen atoms in total. The molecule has 0 spiro atoms. The topological polar surface area (TPSA) is 12.9 Å². The van der Waals surface area contributed by atoms with Gasteiger partial charge in [0.15, 0.2) is 0 Å². The first-order valence-corrected chi connectivity index (χ1v) is 8.37. The van der Waals surface area contributed by atoms with Crippen LogP contribution < -0.4 is 0 Å². The molecule has 0 aliphatic heterocycles. The Kier molecular flexibility index (Phi) is 5.05. The standard InChI is InChI=1S/C22H22FN/c1-16-12-14-24-22(17(16)2)21-7-3-6-20(15-21)19-10-8-18(9-11-19)5-4-13-23/h3,6-12,14-15H,4-5,13H2,1-2H3. The molecule has 3 aromatic rings. The number of halogens is 1. The van der Waals surface area contributed by atoms with Crippen LogP contribution in [0.3, 0.4) is 0 Å². The molecule has 1 heterocycles. The number of hydrogen-bond donors (Lipinski definition) is 0. The molecule has 0 saturated heterocycles. The minimum absolute atomic E-state index is 0.257. The molecule has 0 fully saturated rings. The van der Waals surface area contributed by atoms with Crippen LogP contribution >= 0.6 is 0 Å². The van der Waals surface area contributed by atoms with Crippen LogP contribution in [-0.4, -0.2) is 11.7 Å². The monoisotopic (exact) mass is 319 g/mol. The first-order valence-electron chi connectivity index (χ1n) is 8.37. The van der Waals surface area contributed by atoms with E-state index in [2.05, 4.69) is 67.4 Å². The van der Waals surface area contributed by atoms with Gasteiger partial charge in [0, 0.05) is 11.8 Å². The third-order valence-corrected chi connectivity index (χ3v) is 4.50. The van der Waals surface area contributed by atoms with Crippen molar-refractivity contribution in [2.24, 2.45) is 0 Å². The first-order chi connectivity index (χ1) is 11.7. The van der Waals surface area contributed by atoms with Crippen LogP contribution in [0.1, 0.15) is 23.1 Å². The molecule has 2 heteroatoms. The minimum Gasteiger partial charge on any atom is -0.256 e. The Balaban J connectivity index is 1.92. The lowest BCUT2D eigenvalue weighted by molar-refractivity contribution is 0.473. The Morgan fingerprint density at radius 2 is 1.62 bits per heavy atom. The largest absolute Gasteiger partial charge is 0.256 e. The number of rotatable bonds is 5. The Bertz CT molecular complexity index is 822. The van der Waals surface area contributed by atoms with Crippen LogP contribution in [0, 0.1) is 13.8 Å². The van der Waals surface area contributed by atoms with Crippen molar-refractivity contribution in [3.63, 3.8) is 0 Å². The quantitative estimate of drug-likeness (QED) is 0.567. The van der Waals surface area contributed by atoms with E-state index in [1.165, 1.54) is 27.8 Å². The number of aromatic nitrogens is 1. The molecule has 0 bridgehead atoms. The highest BCUT2D eigenvalue weighted by molar-refractivity contribution is 5.73. The maximum Gasteiger partial charge on any atom is 0.0897 e. The molecule has 3 rings (SSSR count). The normalized spacial score (nSPS) is 10.8. The Hall–Kier alpha value is -2.48. The van der Waals surface area contributed by atoms with Gasteiger partial charge in [0.2, 0.25) is 0 Å². The van der Waals surface area contributed by atoms with Crippen molar-refractivity contribution in [3.8, 4) is 22.4 Å². The van der Waals surface area contributed by atoms with Crippen molar-refractivity contribution in [2.75, 3.05) is 6.67 Å². The number of hydrogen-bond acceptors (Lipinski definition) is 1. The van der Waals surface area contributed by atoms with Gasteiger partial charge in [-0.2, -0.15) is 0 Å². The zero-order valence-corrected chi connectivity index (χ0v) is 14.2. The highest BCUT2D eigenvalue weighted by Gasteiger charge is 2.07. The van der Waals surface area contributed by atoms with E-state index < -0.39 is 0 Å². The summed E-state index contributed by atoms with van der Waals surface area (Å²) in [5, 5.41) is 0. The molecule has 0 aliphatic rings. The Morgan fingerprint density at radius 1 is 0.875 bits per heavy atom. The number of benzene rings is 2. The van der Waals surface area contributed by atoms with Gasteiger partial charge < -0.3 is 0 Å². The fourth-order valence-corrected chi connectivity index (χ4v) is 2.90. The molecule has 0 unspecified atom stereocenters. The second-order valence-corrected chi connectivity index (χ2v) is 6.17. The van der Waals surface area contributed by atoms with Gasteiger partial charge in [0.25, 0.3) is 0 Å². The van der Waals surface area contributed by atoms with Gasteiger partial charge in [-0.1, -0.05) is 42.5 Å². The summed E-state index contributed by atoms with van der Waals surface area (Å²) >= 11 is 0. The van der Waals surface area contributed by atoms with Crippen LogP contribution in [0.5, 0.6) is 0 Å². The SMILES string of the molecule is Cc1ccnc(-c2cccc(-c3ccc(CCCF)cc3)c2)c1C. The lowest BCUT2D eigenvalue weighted by Crippen LogP contribution is -1.91. The maximum atomic E-state index is 12.3. The highest BCUT2D eigenvalue weighted by Crippen LogP contribution is 2.28. The van der Waals surface area contributed by atoms with E-state index in [0.717, 1.165) is 17.7 Å². The van der Waals surface area contributed by atoms with Gasteiger partial charge in [0.05, 0.1) is 12.4 Å². The smallest absolute Gasteiger partial charge is 0.0897 e. The summed E-state index contributed by atoms with van der Waals surface area (Å²) in [4.78, 5) is 4.56. The zero-order valence-electron chi connectivity index (χ0n) is 14.2. The van der Waals surface area contributed by atoms with E-state index in [-0.39, 0.29) is 6.67 Å². The summed E-state index contributed by atoms with van der Waals surface area (Å²) in [6.07, 6.45) is 3.25. The average Bonchev–Trinajstić information content (AvgIpc) is 2.63. The maximum absolute atomic E-state index is 12.3. The van der Waals surface area contributed by atoms with Crippen LogP contribution in [0.15, 0.2) is 60.8 Å². The average molecular weight is 319 g/mol. The van der Waals surface area contributed by atoms with Gasteiger partial charge in [-0.15, -0.1) is 0 Å². The van der Waals surface area contributed by atoms with E-state index >= 15 is 0 Å². The lowest BCUT2D eigenvalue weighted by atomic mass is 9.97. The Labute approximate surface area is 143 Å². The zero-order chi connectivity index (χ0) is 16.9. The number of pyridine rings is 1. The second-order valence-electron chi connectivity index (χ2n) is 6.17. The van der Waals surface area contributed by atoms with Gasteiger partial charge in [-0.05, 0) is 66.6 Å². The number of aryl methyl sites for hydroxylation is 2. The molecule has 0 aliphatic carbocycles. The summed E-state index contributed by atoms with van der Waals surface area (Å²) in [6.45, 7) is 3.97. The predicted molar refractivity (Wildman–Crippen MR) is 98.9 cm³/mol. The molecular weight excluding hydrogens is 297 g/mol. The molecule has 1 aromatic heterocycles. The van der Waals surface area contributed by atoms with Crippen molar-refractivity contribution in [3.05, 3.63) is 77.5 Å². The van der Waals surface area contributed by atoms with Crippen LogP contribution in [0.25, 0.3) is 22.4 Å². The van der Waals surface area contributed by atoms with E-state index in [1.807, 2.05) is 12.3 Å². The predicted octanol–water partition coefficient (Wildman–Crippen LogP) is 5.93. The fraction of sp³-hybridized carbons (Fsp3) is 0.227. The van der Waals surface area contributed by atoms with Gasteiger partial charge >= 0.3 is 0 Å². The number of alkyl halides is 1. The van der Waals surface area contributed by atoms with Crippen molar-refractivity contribution in [1.82, 2.24) is 4.98 Å². The van der Waals surface area contributed by atoms with Crippen molar-refractivity contribution < 1.29 is 4.39 Å². The molecule has 0 radical (unpaired) electrons. The second kappa shape index (κ2) is 7.39. The Morgan fingerprint density at radius 3 is 2.38 bits per heavy atom. The van der Waals surface area contributed by atoms with Crippen molar-refractivity contribution >= 4 is 0 Å². The van der Waals surface area contributed by atoms with Crippen molar-refractivity contribution in [1.29, 1.82) is 0 Å². The summed E-state index contributed by atoms with van der Waals surface area (Å²) in [7, 11) is 0. The van der Waals surface area contributed by atoms with Gasteiger partial charge in [-0.3, -0.25) is 9.37 Å². The van der Waals surface area contributed by atoms with Crippen molar-refractivity contribution in [2.45, 2.75) is 26.7 Å². The molecule has 0 saturated carbocycles. The molecular formula is C22H22FN. The summed E-state index contributed by atoms with van der Waals surface area (Å²) < 4.78 is 12.3. The van der Waals surface area contributed by atoms with Crippen LogP contribution in [0.2, 0.25) is 0 Å². The minimum atomic E-state index is -0.257. The van der Waals surface area contributed by atoms with Gasteiger partial charge in [-0.25, -0.2) is 0 Å². The van der Waals surface area contributed by atoms with Gasteiger partial charge in [0.1, 0.15) is 0 Å². The summed E-state index contributed by atoms with van der Waals surface area (Å²) in [6, 6.07) is 18.9. The van der Waals surface area contributed by atoms with E-state index in [1.54, 1.807) is 0 Å². The van der Waals surface area contributed by atoms with Crippen LogP contribution in [0.4, 0.5) is 4.39 Å². The molecule has 0 N–H and O–H groups in total. The van der Waals surface area contributed by atoms with Crippen LogP contribution in [-0.2, 0) is 6.42 Å². The van der Waals surface area contributed by atoms with E-state index in [0.29, 0.717) is 6.42 Å². The van der Waals surface area contributed by atoms with E-state index in [9.17, 15) is 4.39 Å². The summed E-state index contributed by atoms with van der Waals surface area (Å²) in [5.41, 5.74) is 8.17. The number of nitrogens with zero attached hydrogens (tertiary/aromatic N) is 1. The third-order valence-electron chi connectivity index (χ3n) is 4.50. The fourth-order valence-electron chi connectivity index (χ4n) is 2.90. The summed E-state index contributed by atoms with van der Waals surface area (Å²) in [5.74, 6) is 0. The lowest BCUT2D eigenvalue weighted by Gasteiger charge is -2.10. The van der Waals surface area contributed by atoms with E-state index in [4.69, 9.17) is 0 Å². The first kappa shape index (κ1) is 16.4.